The van der Waals surface area contributed by atoms with Gasteiger partial charge in [0.1, 0.15) is 0 Å². The quantitative estimate of drug-likeness (QED) is 0.818. The maximum absolute atomic E-state index is 14.3. The number of nitrogens with one attached hydrogen (secondary N) is 1. The van der Waals surface area contributed by atoms with Crippen LogP contribution in [0.2, 0.25) is 0 Å². The molecule has 6 heteroatoms. The van der Waals surface area contributed by atoms with Crippen LogP contribution < -0.4 is 10.2 Å². The molecule has 1 aromatic carbocycles. The topological polar surface area (TPSA) is 70.9 Å². The Balaban J connectivity index is 2.28. The van der Waals surface area contributed by atoms with Crippen molar-refractivity contribution in [2.75, 3.05) is 13.2 Å². The Kier molecular flexibility index (Phi) is 6.10. The summed E-state index contributed by atoms with van der Waals surface area (Å²) in [7, 11) is 0. The van der Waals surface area contributed by atoms with Crippen LogP contribution in [0.4, 0.5) is 4.39 Å². The molecule has 0 bridgehead atoms. The maximum atomic E-state index is 14.3. The number of aliphatic hydroxyl groups is 1. The summed E-state index contributed by atoms with van der Waals surface area (Å²) in [6, 6.07) is 3.21. The number of ether oxygens (including phenoxy) is 1. The van der Waals surface area contributed by atoms with Gasteiger partial charge in [0.2, 0.25) is 5.91 Å². The van der Waals surface area contributed by atoms with Gasteiger partial charge >= 0.3 is 0 Å². The van der Waals surface area contributed by atoms with E-state index in [1.807, 2.05) is 13.0 Å². The molecule has 126 valence electrons. The summed E-state index contributed by atoms with van der Waals surface area (Å²) in [4.78, 5) is 11.5. The lowest BCUT2D eigenvalue weighted by Crippen LogP contribution is -2.26. The molecule has 23 heavy (non-hydrogen) atoms. The molecule has 1 aliphatic heterocycles. The van der Waals surface area contributed by atoms with Crippen molar-refractivity contribution in [3.05, 3.63) is 29.1 Å². The van der Waals surface area contributed by atoms with E-state index in [1.54, 1.807) is 6.92 Å². The molecule has 0 saturated heterocycles. The summed E-state index contributed by atoms with van der Waals surface area (Å²) >= 11 is 0. The van der Waals surface area contributed by atoms with Crippen LogP contribution in [0.5, 0.6) is 5.75 Å². The predicted octanol–water partition coefficient (Wildman–Crippen LogP) is 2.54. The zero-order chi connectivity index (χ0) is 16.8. The number of hydrazone groups is 1. The van der Waals surface area contributed by atoms with Crippen LogP contribution in [0.1, 0.15) is 43.7 Å². The number of amides is 1. The molecule has 1 atom stereocenters. The first-order chi connectivity index (χ1) is 11.0. The number of carbonyl (C=O) groups excluding carboxylic acids is 1. The number of nitrogens with zero attached hydrogens (tertiary/aromatic N) is 1. The van der Waals surface area contributed by atoms with E-state index < -0.39 is 5.82 Å². The van der Waals surface area contributed by atoms with E-state index >= 15 is 0 Å². The van der Waals surface area contributed by atoms with Crippen LogP contribution in [0.3, 0.4) is 0 Å². The number of hydrogen-bond acceptors (Lipinski definition) is 4. The lowest BCUT2D eigenvalue weighted by molar-refractivity contribution is -0.121. The molecule has 2 rings (SSSR count). The van der Waals surface area contributed by atoms with Crippen molar-refractivity contribution in [3.63, 3.8) is 0 Å². The number of aliphatic hydroxyl groups excluding tert-OH is 1. The second-order valence-corrected chi connectivity index (χ2v) is 5.86. The third kappa shape index (κ3) is 4.51. The first-order valence-corrected chi connectivity index (χ1v) is 7.93. The molecule has 1 aromatic rings. The molecule has 1 aliphatic rings. The van der Waals surface area contributed by atoms with Gasteiger partial charge in [0, 0.05) is 30.9 Å². The number of halogens is 1. The number of aryl methyl sites for hydroxylation is 1. The molecular weight excluding hydrogens is 299 g/mol. The van der Waals surface area contributed by atoms with Gasteiger partial charge in [-0.05, 0) is 37.5 Å². The van der Waals surface area contributed by atoms with Crippen LogP contribution in [-0.4, -0.2) is 29.9 Å². The van der Waals surface area contributed by atoms with Crippen LogP contribution >= 0.6 is 0 Å². The average Bonchev–Trinajstić information content (AvgIpc) is 2.48. The highest BCUT2D eigenvalue weighted by Crippen LogP contribution is 2.27. The Labute approximate surface area is 135 Å². The zero-order valence-corrected chi connectivity index (χ0v) is 13.6. The van der Waals surface area contributed by atoms with Crippen molar-refractivity contribution in [1.29, 1.82) is 0 Å². The van der Waals surface area contributed by atoms with Crippen LogP contribution in [0, 0.1) is 18.7 Å². The van der Waals surface area contributed by atoms with Gasteiger partial charge < -0.3 is 9.84 Å². The minimum Gasteiger partial charge on any atom is -0.490 e. The summed E-state index contributed by atoms with van der Waals surface area (Å²) < 4.78 is 19.7. The molecule has 1 heterocycles. The first kappa shape index (κ1) is 17.4. The van der Waals surface area contributed by atoms with Gasteiger partial charge in [-0.2, -0.15) is 5.10 Å². The van der Waals surface area contributed by atoms with E-state index in [4.69, 9.17) is 9.84 Å². The van der Waals surface area contributed by atoms with Crippen molar-refractivity contribution in [3.8, 4) is 5.75 Å². The molecule has 0 spiro atoms. The minimum absolute atomic E-state index is 0.00672. The predicted molar refractivity (Wildman–Crippen MR) is 86.0 cm³/mol. The standard InChI is InChI=1S/C17H23FN2O3/c1-11-5-3-6-15(22)19-20-16(11)13-9-12(2)17(14(18)10-13)23-8-4-7-21/h9-11,21H,3-8H2,1-2H3,(H,19,22)/b20-16+. The van der Waals surface area contributed by atoms with E-state index in [9.17, 15) is 9.18 Å². The molecule has 0 aliphatic carbocycles. The molecule has 2 N–H and O–H groups in total. The first-order valence-electron chi connectivity index (χ1n) is 7.93. The normalized spacial score (nSPS) is 21.0. The fourth-order valence-corrected chi connectivity index (χ4v) is 2.64. The highest BCUT2D eigenvalue weighted by atomic mass is 19.1. The summed E-state index contributed by atoms with van der Waals surface area (Å²) in [6.45, 7) is 4.07. The highest BCUT2D eigenvalue weighted by Gasteiger charge is 2.20. The molecule has 1 unspecified atom stereocenters. The van der Waals surface area contributed by atoms with Crippen molar-refractivity contribution < 1.29 is 19.0 Å². The monoisotopic (exact) mass is 322 g/mol. The Morgan fingerprint density at radius 2 is 2.26 bits per heavy atom. The molecule has 5 nitrogen and oxygen atoms in total. The van der Waals surface area contributed by atoms with Crippen molar-refractivity contribution in [1.82, 2.24) is 5.43 Å². The summed E-state index contributed by atoms with van der Waals surface area (Å²) in [5.41, 5.74) is 4.53. The number of hydrogen-bond donors (Lipinski definition) is 2. The largest absolute Gasteiger partial charge is 0.490 e. The fraction of sp³-hybridized carbons (Fsp3) is 0.529. The minimum atomic E-state index is -0.457. The Morgan fingerprint density at radius 3 is 2.96 bits per heavy atom. The summed E-state index contributed by atoms with van der Waals surface area (Å²) in [5.74, 6) is -0.238. The lowest BCUT2D eigenvalue weighted by Gasteiger charge is -2.19. The van der Waals surface area contributed by atoms with Gasteiger partial charge in [-0.25, -0.2) is 9.82 Å². The second-order valence-electron chi connectivity index (χ2n) is 5.86. The van der Waals surface area contributed by atoms with E-state index in [-0.39, 0.29) is 30.8 Å². The van der Waals surface area contributed by atoms with Gasteiger partial charge in [-0.15, -0.1) is 0 Å². The maximum Gasteiger partial charge on any atom is 0.240 e. The number of benzene rings is 1. The smallest absolute Gasteiger partial charge is 0.240 e. The third-order valence-electron chi connectivity index (χ3n) is 3.88. The van der Waals surface area contributed by atoms with E-state index in [0.29, 0.717) is 29.7 Å². The molecule has 0 fully saturated rings. The average molecular weight is 322 g/mol. The molecule has 0 saturated carbocycles. The van der Waals surface area contributed by atoms with E-state index in [1.165, 1.54) is 6.07 Å². The van der Waals surface area contributed by atoms with Gasteiger partial charge in [0.05, 0.1) is 12.3 Å². The van der Waals surface area contributed by atoms with Crippen molar-refractivity contribution >= 4 is 11.6 Å². The van der Waals surface area contributed by atoms with Gasteiger partial charge in [-0.1, -0.05) is 6.92 Å². The second kappa shape index (κ2) is 8.06. The van der Waals surface area contributed by atoms with Gasteiger partial charge in [0.15, 0.2) is 11.6 Å². The van der Waals surface area contributed by atoms with Crippen LogP contribution in [0.15, 0.2) is 17.2 Å². The molecular formula is C17H23FN2O3. The highest BCUT2D eigenvalue weighted by molar-refractivity contribution is 6.03. The summed E-state index contributed by atoms with van der Waals surface area (Å²) in [6.07, 6.45) is 2.54. The lowest BCUT2D eigenvalue weighted by atomic mass is 9.92. The van der Waals surface area contributed by atoms with Gasteiger partial charge in [0.25, 0.3) is 0 Å². The Bertz CT molecular complexity index is 578. The zero-order valence-electron chi connectivity index (χ0n) is 13.6. The Hall–Kier alpha value is -1.95. The number of rotatable bonds is 5. The van der Waals surface area contributed by atoms with Crippen molar-refractivity contribution in [2.45, 2.75) is 39.5 Å². The molecule has 0 radical (unpaired) electrons. The van der Waals surface area contributed by atoms with Gasteiger partial charge in [-0.3, -0.25) is 4.79 Å². The van der Waals surface area contributed by atoms with Crippen LogP contribution in [-0.2, 0) is 4.79 Å². The van der Waals surface area contributed by atoms with Crippen LogP contribution in [0.25, 0.3) is 0 Å². The molecule has 1 amide bonds. The van der Waals surface area contributed by atoms with E-state index in [2.05, 4.69) is 10.5 Å². The van der Waals surface area contributed by atoms with E-state index in [0.717, 1.165) is 12.8 Å². The summed E-state index contributed by atoms with van der Waals surface area (Å²) in [5, 5.41) is 13.0. The third-order valence-corrected chi connectivity index (χ3v) is 3.88. The fourth-order valence-electron chi connectivity index (χ4n) is 2.64. The Morgan fingerprint density at radius 1 is 1.48 bits per heavy atom. The number of carbonyl (C=O) groups is 1. The molecule has 0 aromatic heterocycles. The SMILES string of the molecule is Cc1cc(/C2=N/NC(=O)CCCC2C)cc(F)c1OCCCO. The van der Waals surface area contributed by atoms with Crippen molar-refractivity contribution in [2.24, 2.45) is 11.0 Å².